The molecule has 0 fully saturated rings. The van der Waals surface area contributed by atoms with E-state index in [-0.39, 0.29) is 19.5 Å². The number of hydrogen-bond donors (Lipinski definition) is 1. The first-order valence-corrected chi connectivity index (χ1v) is 7.07. The molecule has 1 N–H and O–H groups in total. The van der Waals surface area contributed by atoms with Gasteiger partial charge in [-0.05, 0) is 12.1 Å². The zero-order valence-electron chi connectivity index (χ0n) is 12.5. The van der Waals surface area contributed by atoms with E-state index in [1.165, 1.54) is 0 Å². The molecule has 2 aromatic heterocycles. The SMILES string of the molecule is O=C1N=C([O-])c2c1c1cccnc1c1[nH]c3ccccc3c21.[C-]#[O+].[Ru+]. The van der Waals surface area contributed by atoms with Crippen LogP contribution in [0.1, 0.15) is 15.9 Å². The number of para-hydroxylation sites is 1. The van der Waals surface area contributed by atoms with Crippen molar-refractivity contribution in [3.8, 4) is 0 Å². The smallest absolute Gasteiger partial charge is 1.00 e. The Morgan fingerprint density at radius 3 is 2.56 bits per heavy atom. The van der Waals surface area contributed by atoms with E-state index in [1.807, 2.05) is 24.3 Å². The van der Waals surface area contributed by atoms with Gasteiger partial charge in [0.1, 0.15) is 0 Å². The fourth-order valence-electron chi connectivity index (χ4n) is 3.29. The Kier molecular flexibility index (Phi) is 4.23. The molecular formula is C18H8N3O3Ru. The molecule has 5 rings (SSSR count). The molecule has 0 saturated heterocycles. The summed E-state index contributed by atoms with van der Waals surface area (Å²) in [5, 5.41) is 14.6. The predicted octanol–water partition coefficient (Wildman–Crippen LogP) is 2.09. The van der Waals surface area contributed by atoms with Crippen LogP contribution in [-0.2, 0) is 24.1 Å². The number of carbonyl (C=O) groups excluding carboxylic acids is 1. The van der Waals surface area contributed by atoms with Gasteiger partial charge >= 0.3 is 30.8 Å². The fourth-order valence-corrected chi connectivity index (χ4v) is 3.29. The molecule has 0 saturated carbocycles. The van der Waals surface area contributed by atoms with Gasteiger partial charge in [-0.1, -0.05) is 24.3 Å². The third-order valence-electron chi connectivity index (χ3n) is 4.15. The number of aromatic nitrogens is 2. The summed E-state index contributed by atoms with van der Waals surface area (Å²) >= 11 is 0. The van der Waals surface area contributed by atoms with Crippen LogP contribution in [-0.4, -0.2) is 21.8 Å². The topological polar surface area (TPSA) is 101 Å². The van der Waals surface area contributed by atoms with Crippen molar-refractivity contribution in [3.05, 3.63) is 60.4 Å². The first kappa shape index (κ1) is 17.0. The van der Waals surface area contributed by atoms with Crippen LogP contribution < -0.4 is 5.11 Å². The van der Waals surface area contributed by atoms with E-state index >= 15 is 0 Å². The van der Waals surface area contributed by atoms with E-state index in [0.29, 0.717) is 22.0 Å². The maximum Gasteiger partial charge on any atom is 1.00 e. The Hall–Kier alpha value is -2.85. The average Bonchev–Trinajstić information content (AvgIpc) is 3.14. The molecule has 25 heavy (non-hydrogen) atoms. The number of carbonyl (C=O) groups is 1. The number of amides is 1. The van der Waals surface area contributed by atoms with Gasteiger partial charge in [-0.25, -0.2) is 4.99 Å². The fraction of sp³-hybridized carbons (Fsp3) is 0. The summed E-state index contributed by atoms with van der Waals surface area (Å²) < 4.78 is 7.50. The first-order chi connectivity index (χ1) is 11.8. The van der Waals surface area contributed by atoms with Crippen molar-refractivity contribution in [3.63, 3.8) is 0 Å². The van der Waals surface area contributed by atoms with Crippen molar-refractivity contribution >= 4 is 44.5 Å². The maximum absolute atomic E-state index is 12.3. The first-order valence-electron chi connectivity index (χ1n) is 7.07. The number of H-pyrrole nitrogens is 1. The van der Waals surface area contributed by atoms with Gasteiger partial charge in [0, 0.05) is 39.3 Å². The quantitative estimate of drug-likeness (QED) is 0.270. The number of aromatic amines is 1. The summed E-state index contributed by atoms with van der Waals surface area (Å²) in [4.78, 5) is 23.5. The minimum Gasteiger partial charge on any atom is 1.00 e. The van der Waals surface area contributed by atoms with Crippen molar-refractivity contribution in [1.29, 1.82) is 0 Å². The molecule has 0 unspecified atom stereocenters. The van der Waals surface area contributed by atoms with Crippen LogP contribution in [0.3, 0.4) is 0 Å². The van der Waals surface area contributed by atoms with Crippen LogP contribution in [0, 0.1) is 6.65 Å². The summed E-state index contributed by atoms with van der Waals surface area (Å²) in [5.41, 5.74) is 3.12. The number of nitrogens with zero attached hydrogens (tertiary/aromatic N) is 2. The van der Waals surface area contributed by atoms with Crippen molar-refractivity contribution in [2.45, 2.75) is 0 Å². The van der Waals surface area contributed by atoms with Crippen molar-refractivity contribution in [1.82, 2.24) is 9.97 Å². The van der Waals surface area contributed by atoms with Gasteiger partial charge in [0.05, 0.1) is 16.6 Å². The van der Waals surface area contributed by atoms with E-state index in [4.69, 9.17) is 4.65 Å². The number of benzene rings is 2. The minimum atomic E-state index is -0.481. The van der Waals surface area contributed by atoms with Crippen LogP contribution in [0.4, 0.5) is 0 Å². The van der Waals surface area contributed by atoms with E-state index in [9.17, 15) is 9.90 Å². The summed E-state index contributed by atoms with van der Waals surface area (Å²) in [6.07, 6.45) is 1.68. The minimum absolute atomic E-state index is 0. The molecule has 0 aliphatic carbocycles. The second kappa shape index (κ2) is 6.22. The molecule has 0 atom stereocenters. The zero-order valence-corrected chi connectivity index (χ0v) is 14.3. The van der Waals surface area contributed by atoms with Gasteiger partial charge in [-0.15, -0.1) is 0 Å². The predicted molar refractivity (Wildman–Crippen MR) is 85.9 cm³/mol. The van der Waals surface area contributed by atoms with Gasteiger partial charge in [0.15, 0.2) is 0 Å². The maximum atomic E-state index is 12.3. The number of fused-ring (bicyclic) bond motifs is 8. The molecule has 3 heterocycles. The Bertz CT molecular complexity index is 1210. The van der Waals surface area contributed by atoms with Crippen LogP contribution in [0.5, 0.6) is 0 Å². The second-order valence-electron chi connectivity index (χ2n) is 5.29. The molecule has 2 aromatic carbocycles. The van der Waals surface area contributed by atoms with Crippen LogP contribution in [0.15, 0.2) is 47.6 Å². The van der Waals surface area contributed by atoms with Crippen LogP contribution >= 0.6 is 0 Å². The monoisotopic (exact) mass is 416 g/mol. The van der Waals surface area contributed by atoms with Gasteiger partial charge in [-0.3, -0.25) is 9.78 Å². The van der Waals surface area contributed by atoms with Crippen molar-refractivity contribution < 1.29 is 34.0 Å². The molecule has 1 aliphatic rings. The number of nitrogens with one attached hydrogen (secondary N) is 1. The van der Waals surface area contributed by atoms with Gasteiger partial charge in [0.2, 0.25) is 0 Å². The molecule has 1 aliphatic heterocycles. The second-order valence-corrected chi connectivity index (χ2v) is 5.29. The standard InChI is InChI=1S/C17H9N3O2.CO.Ru/c21-16-12-9-5-3-7-18-14(9)15-11(13(12)17(22)20-16)8-4-1-2-6-10(8)19-15;1-2;/h1-7,19H,(H,20,21,22);;/q;;+1/p-1. The van der Waals surface area contributed by atoms with Crippen LogP contribution in [0.25, 0.3) is 32.7 Å². The molecule has 121 valence electrons. The number of hydrogen-bond acceptors (Lipinski definition) is 3. The molecule has 1 amide bonds. The molecule has 0 spiro atoms. The number of aliphatic imine (C=N–C) groups is 1. The Labute approximate surface area is 154 Å². The molecule has 7 heteroatoms. The van der Waals surface area contributed by atoms with Gasteiger partial charge in [-0.2, -0.15) is 0 Å². The Morgan fingerprint density at radius 2 is 1.76 bits per heavy atom. The van der Waals surface area contributed by atoms with E-state index in [2.05, 4.69) is 21.6 Å². The number of rotatable bonds is 0. The molecular weight excluding hydrogens is 407 g/mol. The summed E-state index contributed by atoms with van der Waals surface area (Å²) in [6, 6.07) is 11.3. The van der Waals surface area contributed by atoms with Crippen LogP contribution in [0.2, 0.25) is 0 Å². The Balaban J connectivity index is 0.000000588. The Morgan fingerprint density at radius 1 is 1.04 bits per heavy atom. The zero-order chi connectivity index (χ0) is 16.8. The summed E-state index contributed by atoms with van der Waals surface area (Å²) in [6.45, 7) is 4.50. The van der Waals surface area contributed by atoms with Crippen molar-refractivity contribution in [2.24, 2.45) is 4.99 Å². The third-order valence-corrected chi connectivity index (χ3v) is 4.15. The van der Waals surface area contributed by atoms with E-state index in [0.717, 1.165) is 21.8 Å². The van der Waals surface area contributed by atoms with Crippen molar-refractivity contribution in [2.75, 3.05) is 0 Å². The summed E-state index contributed by atoms with van der Waals surface area (Å²) in [7, 11) is 0. The number of pyridine rings is 1. The summed E-state index contributed by atoms with van der Waals surface area (Å²) in [5.74, 6) is -0.953. The average molecular weight is 415 g/mol. The normalized spacial score (nSPS) is 12.4. The molecule has 6 nitrogen and oxygen atoms in total. The molecule has 0 bridgehead atoms. The molecule has 1 radical (unpaired) electrons. The van der Waals surface area contributed by atoms with Gasteiger partial charge in [0.25, 0.3) is 5.91 Å². The van der Waals surface area contributed by atoms with Gasteiger partial charge < -0.3 is 10.1 Å². The van der Waals surface area contributed by atoms with E-state index < -0.39 is 11.8 Å². The molecule has 4 aromatic rings. The largest absolute Gasteiger partial charge is 1.00 e. The third kappa shape index (κ3) is 2.22. The van der Waals surface area contributed by atoms with E-state index in [1.54, 1.807) is 18.3 Å².